The zero-order chi connectivity index (χ0) is 28.2. The maximum atomic E-state index is 13.2. The van der Waals surface area contributed by atoms with E-state index in [9.17, 15) is 29.1 Å². The Bertz CT molecular complexity index is 1120. The second kappa shape index (κ2) is 14.3. The normalized spacial score (nSPS) is 13.8. The fraction of sp³-hybridized carbons (Fsp3) is 0.346. The van der Waals surface area contributed by atoms with E-state index in [2.05, 4.69) is 16.0 Å². The molecule has 0 aliphatic heterocycles. The van der Waals surface area contributed by atoms with Crippen molar-refractivity contribution in [1.82, 2.24) is 16.0 Å². The molecule has 0 radical (unpaired) electrons. The molecule has 0 aliphatic carbocycles. The molecule has 0 aromatic heterocycles. The van der Waals surface area contributed by atoms with Gasteiger partial charge in [0.1, 0.15) is 23.9 Å². The van der Waals surface area contributed by atoms with E-state index in [4.69, 9.17) is 16.6 Å². The number of hydrogen-bond donors (Lipinski definition) is 7. The van der Waals surface area contributed by atoms with Crippen molar-refractivity contribution in [3.63, 3.8) is 0 Å². The Labute approximate surface area is 219 Å². The molecule has 0 fully saturated rings. The lowest BCUT2D eigenvalue weighted by Gasteiger charge is -2.25. The second-order valence-electron chi connectivity index (χ2n) is 8.86. The second-order valence-corrected chi connectivity index (χ2v) is 8.86. The van der Waals surface area contributed by atoms with Crippen LogP contribution in [0.5, 0.6) is 5.75 Å². The zero-order valence-electron chi connectivity index (χ0n) is 20.9. The van der Waals surface area contributed by atoms with Crippen molar-refractivity contribution in [3.8, 4) is 5.75 Å². The predicted octanol–water partition coefficient (Wildman–Crippen LogP) is -0.671. The lowest BCUT2D eigenvalue weighted by Crippen LogP contribution is -2.57. The first kappa shape index (κ1) is 29.8. The molecule has 0 heterocycles. The summed E-state index contributed by atoms with van der Waals surface area (Å²) in [5, 5.41) is 26.0. The van der Waals surface area contributed by atoms with Crippen molar-refractivity contribution in [2.24, 2.45) is 11.5 Å². The van der Waals surface area contributed by atoms with Gasteiger partial charge >= 0.3 is 5.97 Å². The molecule has 12 nitrogen and oxygen atoms in total. The summed E-state index contributed by atoms with van der Waals surface area (Å²) in [6.07, 6.45) is -0.217. The first-order valence-corrected chi connectivity index (χ1v) is 12.0. The third-order valence-electron chi connectivity index (χ3n) is 5.69. The summed E-state index contributed by atoms with van der Waals surface area (Å²) in [6, 6.07) is 10.2. The molecule has 2 rings (SSSR count). The quantitative estimate of drug-likeness (QED) is 0.167. The van der Waals surface area contributed by atoms with E-state index in [0.717, 1.165) is 0 Å². The minimum absolute atomic E-state index is 0.0433. The SMILES string of the molecule is CC(NC(=O)C(Cc1ccccc1)NC(=O)C(CCC(N)=O)NC(=O)C(N)Cc1ccc(O)cc1)C(=O)O. The van der Waals surface area contributed by atoms with Gasteiger partial charge in [-0.3, -0.25) is 24.0 Å². The highest BCUT2D eigenvalue weighted by atomic mass is 16.4. The van der Waals surface area contributed by atoms with Crippen LogP contribution in [-0.4, -0.2) is 64.0 Å². The van der Waals surface area contributed by atoms with Crippen LogP contribution >= 0.6 is 0 Å². The van der Waals surface area contributed by atoms with Crippen molar-refractivity contribution in [2.75, 3.05) is 0 Å². The number of phenolic OH excluding ortho intramolecular Hbond substituents is 1. The predicted molar refractivity (Wildman–Crippen MR) is 137 cm³/mol. The van der Waals surface area contributed by atoms with Gasteiger partial charge < -0.3 is 37.6 Å². The minimum Gasteiger partial charge on any atom is -0.508 e. The lowest BCUT2D eigenvalue weighted by molar-refractivity contribution is -0.141. The fourth-order valence-electron chi connectivity index (χ4n) is 3.52. The van der Waals surface area contributed by atoms with Crippen LogP contribution in [-0.2, 0) is 36.8 Å². The average Bonchev–Trinajstić information content (AvgIpc) is 2.87. The topological polar surface area (TPSA) is 214 Å². The van der Waals surface area contributed by atoms with Gasteiger partial charge in [-0.15, -0.1) is 0 Å². The highest BCUT2D eigenvalue weighted by molar-refractivity contribution is 5.94. The number of phenols is 1. The summed E-state index contributed by atoms with van der Waals surface area (Å²) in [6.45, 7) is 1.28. The van der Waals surface area contributed by atoms with Gasteiger partial charge in [0.15, 0.2) is 0 Å². The number of carboxylic acid groups (broad SMARTS) is 1. The number of amides is 4. The van der Waals surface area contributed by atoms with Crippen LogP contribution in [0.3, 0.4) is 0 Å². The first-order valence-electron chi connectivity index (χ1n) is 12.0. The summed E-state index contributed by atoms with van der Waals surface area (Å²) in [4.78, 5) is 61.4. The van der Waals surface area contributed by atoms with Crippen molar-refractivity contribution < 1.29 is 34.2 Å². The zero-order valence-corrected chi connectivity index (χ0v) is 20.9. The Hall–Kier alpha value is -4.45. The Kier molecular flexibility index (Phi) is 11.2. The summed E-state index contributed by atoms with van der Waals surface area (Å²) in [5.74, 6) is -4.07. The largest absolute Gasteiger partial charge is 0.508 e. The molecule has 9 N–H and O–H groups in total. The van der Waals surface area contributed by atoms with Crippen LogP contribution < -0.4 is 27.4 Å². The molecule has 12 heteroatoms. The minimum atomic E-state index is -1.25. The number of benzene rings is 2. The van der Waals surface area contributed by atoms with Crippen LogP contribution in [0.1, 0.15) is 30.9 Å². The van der Waals surface area contributed by atoms with Gasteiger partial charge in [0.05, 0.1) is 6.04 Å². The number of primary amides is 1. The van der Waals surface area contributed by atoms with Crippen molar-refractivity contribution in [2.45, 2.75) is 56.8 Å². The summed E-state index contributed by atoms with van der Waals surface area (Å²) in [7, 11) is 0. The number of aromatic hydroxyl groups is 1. The van der Waals surface area contributed by atoms with E-state index in [1.807, 2.05) is 0 Å². The van der Waals surface area contributed by atoms with E-state index >= 15 is 0 Å². The van der Waals surface area contributed by atoms with E-state index in [1.165, 1.54) is 19.1 Å². The van der Waals surface area contributed by atoms with Crippen molar-refractivity contribution in [1.29, 1.82) is 0 Å². The van der Waals surface area contributed by atoms with Gasteiger partial charge in [-0.2, -0.15) is 0 Å². The monoisotopic (exact) mass is 527 g/mol. The molecule has 4 unspecified atom stereocenters. The van der Waals surface area contributed by atoms with Crippen LogP contribution in [0, 0.1) is 0 Å². The molecule has 4 amide bonds. The third kappa shape index (κ3) is 9.90. The van der Waals surface area contributed by atoms with Crippen LogP contribution in [0.25, 0.3) is 0 Å². The molecule has 4 atom stereocenters. The molecule has 2 aromatic rings. The highest BCUT2D eigenvalue weighted by Crippen LogP contribution is 2.11. The Morgan fingerprint density at radius 3 is 1.92 bits per heavy atom. The van der Waals surface area contributed by atoms with E-state index in [-0.39, 0.29) is 31.4 Å². The molecule has 0 spiro atoms. The standard InChI is InChI=1S/C26H33N5O7/c1-15(26(37)38)29-25(36)21(14-16-5-3-2-4-6-16)31-24(35)20(11-12-22(28)33)30-23(34)19(27)13-17-7-9-18(32)10-8-17/h2-10,15,19-21,32H,11-14,27H2,1H3,(H2,28,33)(H,29,36)(H,30,34)(H,31,35)(H,37,38). The smallest absolute Gasteiger partial charge is 0.325 e. The number of carbonyl (C=O) groups excluding carboxylic acids is 4. The number of carboxylic acids is 1. The van der Waals surface area contributed by atoms with Gasteiger partial charge in [0.2, 0.25) is 23.6 Å². The molecular weight excluding hydrogens is 494 g/mol. The van der Waals surface area contributed by atoms with Gasteiger partial charge in [-0.1, -0.05) is 42.5 Å². The first-order chi connectivity index (χ1) is 18.0. The number of hydrogen-bond acceptors (Lipinski definition) is 7. The van der Waals surface area contributed by atoms with E-state index in [1.54, 1.807) is 42.5 Å². The van der Waals surface area contributed by atoms with E-state index < -0.39 is 53.8 Å². The summed E-state index contributed by atoms with van der Waals surface area (Å²) < 4.78 is 0. The molecule has 0 saturated carbocycles. The number of carbonyl (C=O) groups is 5. The van der Waals surface area contributed by atoms with Gasteiger partial charge in [-0.05, 0) is 43.0 Å². The number of nitrogens with two attached hydrogens (primary N) is 2. The highest BCUT2D eigenvalue weighted by Gasteiger charge is 2.30. The third-order valence-corrected chi connectivity index (χ3v) is 5.69. The lowest BCUT2D eigenvalue weighted by atomic mass is 10.0. The van der Waals surface area contributed by atoms with E-state index in [0.29, 0.717) is 11.1 Å². The molecule has 0 aliphatic rings. The number of aliphatic carboxylic acids is 1. The summed E-state index contributed by atoms with van der Waals surface area (Å²) in [5.41, 5.74) is 12.6. The Morgan fingerprint density at radius 1 is 0.789 bits per heavy atom. The fourth-order valence-corrected chi connectivity index (χ4v) is 3.52. The molecule has 204 valence electrons. The van der Waals surface area contributed by atoms with Crippen LogP contribution in [0.2, 0.25) is 0 Å². The van der Waals surface area contributed by atoms with Crippen LogP contribution in [0.4, 0.5) is 0 Å². The Balaban J connectivity index is 2.17. The van der Waals surface area contributed by atoms with Crippen molar-refractivity contribution in [3.05, 3.63) is 65.7 Å². The molecular formula is C26H33N5O7. The van der Waals surface area contributed by atoms with Crippen LogP contribution in [0.15, 0.2) is 54.6 Å². The molecule has 0 bridgehead atoms. The molecule has 38 heavy (non-hydrogen) atoms. The number of rotatable bonds is 14. The van der Waals surface area contributed by atoms with Gasteiger partial charge in [-0.25, -0.2) is 0 Å². The summed E-state index contributed by atoms with van der Waals surface area (Å²) >= 11 is 0. The molecule has 0 saturated heterocycles. The Morgan fingerprint density at radius 2 is 1.34 bits per heavy atom. The van der Waals surface area contributed by atoms with Gasteiger partial charge in [0.25, 0.3) is 0 Å². The average molecular weight is 528 g/mol. The maximum absolute atomic E-state index is 13.2. The van der Waals surface area contributed by atoms with Crippen molar-refractivity contribution >= 4 is 29.6 Å². The molecule has 2 aromatic carbocycles. The maximum Gasteiger partial charge on any atom is 0.325 e. The van der Waals surface area contributed by atoms with Gasteiger partial charge in [0, 0.05) is 12.8 Å². The number of nitrogens with one attached hydrogen (secondary N) is 3.